The van der Waals surface area contributed by atoms with Crippen LogP contribution < -0.4 is 5.32 Å². The minimum atomic E-state index is -0.372. The Kier molecular flexibility index (Phi) is 3.34. The predicted octanol–water partition coefficient (Wildman–Crippen LogP) is 2.97. The third-order valence-corrected chi connectivity index (χ3v) is 3.32. The van der Waals surface area contributed by atoms with Crippen molar-refractivity contribution < 1.29 is 4.92 Å². The molecule has 0 radical (unpaired) electrons. The van der Waals surface area contributed by atoms with Crippen LogP contribution in [0.25, 0.3) is 0 Å². The lowest BCUT2D eigenvalue weighted by Gasteiger charge is -2.06. The van der Waals surface area contributed by atoms with Gasteiger partial charge in [-0.1, -0.05) is 11.3 Å². The number of aryl methyl sites for hydroxylation is 1. The first-order valence-corrected chi connectivity index (χ1v) is 5.87. The second kappa shape index (κ2) is 4.92. The van der Waals surface area contributed by atoms with Crippen molar-refractivity contribution in [3.05, 3.63) is 51.1 Å². The Morgan fingerprint density at radius 2 is 2.29 bits per heavy atom. The van der Waals surface area contributed by atoms with E-state index in [9.17, 15) is 10.1 Å². The standard InChI is InChI=1S/C11H11N3O2S/c1-8-10(3-2-6-12-8)13-7-9-4-5-11(17-9)14(15)16/h2-6,13H,7H2,1H3. The molecular weight excluding hydrogens is 238 g/mol. The number of aromatic nitrogens is 1. The molecule has 0 spiro atoms. The van der Waals surface area contributed by atoms with E-state index in [1.54, 1.807) is 12.3 Å². The molecule has 0 atom stereocenters. The van der Waals surface area contributed by atoms with Crippen molar-refractivity contribution >= 4 is 22.0 Å². The van der Waals surface area contributed by atoms with E-state index in [2.05, 4.69) is 10.3 Å². The van der Waals surface area contributed by atoms with Gasteiger partial charge >= 0.3 is 5.00 Å². The number of thiophene rings is 1. The number of anilines is 1. The van der Waals surface area contributed by atoms with E-state index in [4.69, 9.17) is 0 Å². The molecule has 1 N–H and O–H groups in total. The van der Waals surface area contributed by atoms with Crippen molar-refractivity contribution in [3.8, 4) is 0 Å². The maximum absolute atomic E-state index is 10.5. The molecule has 2 aromatic rings. The zero-order valence-electron chi connectivity index (χ0n) is 9.21. The van der Waals surface area contributed by atoms with Gasteiger partial charge in [0, 0.05) is 23.7 Å². The lowest BCUT2D eigenvalue weighted by atomic mass is 10.3. The number of nitrogens with one attached hydrogen (secondary N) is 1. The summed E-state index contributed by atoms with van der Waals surface area (Å²) in [5, 5.41) is 13.9. The Labute approximate surface area is 102 Å². The van der Waals surface area contributed by atoms with Crippen molar-refractivity contribution in [2.75, 3.05) is 5.32 Å². The van der Waals surface area contributed by atoms with Gasteiger partial charge in [-0.3, -0.25) is 15.1 Å². The van der Waals surface area contributed by atoms with E-state index in [1.165, 1.54) is 17.4 Å². The summed E-state index contributed by atoms with van der Waals surface area (Å²) >= 11 is 1.18. The minimum Gasteiger partial charge on any atom is -0.379 e. The zero-order valence-corrected chi connectivity index (χ0v) is 10.0. The lowest BCUT2D eigenvalue weighted by Crippen LogP contribution is -2.00. The quantitative estimate of drug-likeness (QED) is 0.668. The molecule has 0 fully saturated rings. The fourth-order valence-corrected chi connectivity index (χ4v) is 2.17. The summed E-state index contributed by atoms with van der Waals surface area (Å²) in [5.41, 5.74) is 1.86. The molecule has 0 aromatic carbocycles. The highest BCUT2D eigenvalue weighted by molar-refractivity contribution is 7.15. The van der Waals surface area contributed by atoms with E-state index < -0.39 is 0 Å². The van der Waals surface area contributed by atoms with Crippen molar-refractivity contribution in [3.63, 3.8) is 0 Å². The van der Waals surface area contributed by atoms with Gasteiger partial charge in [0.25, 0.3) is 0 Å². The van der Waals surface area contributed by atoms with Crippen LogP contribution in [0, 0.1) is 17.0 Å². The number of nitro groups is 1. The van der Waals surface area contributed by atoms with Crippen LogP contribution in [0.2, 0.25) is 0 Å². The van der Waals surface area contributed by atoms with E-state index in [1.807, 2.05) is 19.1 Å². The molecule has 5 nitrogen and oxygen atoms in total. The van der Waals surface area contributed by atoms with E-state index >= 15 is 0 Å². The summed E-state index contributed by atoms with van der Waals surface area (Å²) in [7, 11) is 0. The van der Waals surface area contributed by atoms with Gasteiger partial charge in [-0.2, -0.15) is 0 Å². The molecule has 88 valence electrons. The van der Waals surface area contributed by atoms with Crippen LogP contribution in [0.15, 0.2) is 30.5 Å². The van der Waals surface area contributed by atoms with Crippen molar-refractivity contribution in [2.45, 2.75) is 13.5 Å². The molecule has 2 aromatic heterocycles. The van der Waals surface area contributed by atoms with Gasteiger partial charge in [0.2, 0.25) is 0 Å². The molecule has 0 bridgehead atoms. The number of rotatable bonds is 4. The third kappa shape index (κ3) is 2.79. The first-order chi connectivity index (χ1) is 8.16. The van der Waals surface area contributed by atoms with Gasteiger partial charge in [-0.25, -0.2) is 0 Å². The second-order valence-electron chi connectivity index (χ2n) is 3.49. The first-order valence-electron chi connectivity index (χ1n) is 5.05. The molecule has 6 heteroatoms. The maximum Gasteiger partial charge on any atom is 0.324 e. The largest absolute Gasteiger partial charge is 0.379 e. The number of nitrogens with zero attached hydrogens (tertiary/aromatic N) is 2. The molecule has 2 rings (SSSR count). The Balaban J connectivity index is 2.02. The summed E-state index contributed by atoms with van der Waals surface area (Å²) in [4.78, 5) is 15.2. The normalized spacial score (nSPS) is 10.2. The van der Waals surface area contributed by atoms with Crippen molar-refractivity contribution in [1.29, 1.82) is 0 Å². The molecule has 0 saturated carbocycles. The van der Waals surface area contributed by atoms with Crippen molar-refractivity contribution in [1.82, 2.24) is 4.98 Å². The lowest BCUT2D eigenvalue weighted by molar-refractivity contribution is -0.380. The average molecular weight is 249 g/mol. The molecule has 17 heavy (non-hydrogen) atoms. The number of hydrogen-bond donors (Lipinski definition) is 1. The summed E-state index contributed by atoms with van der Waals surface area (Å²) < 4.78 is 0. The van der Waals surface area contributed by atoms with Crippen LogP contribution in [0.3, 0.4) is 0 Å². The second-order valence-corrected chi connectivity index (χ2v) is 4.63. The molecular formula is C11H11N3O2S. The van der Waals surface area contributed by atoms with Gasteiger partial charge in [0.1, 0.15) is 0 Å². The highest BCUT2D eigenvalue weighted by Crippen LogP contribution is 2.24. The third-order valence-electron chi connectivity index (χ3n) is 2.29. The fourth-order valence-electron chi connectivity index (χ4n) is 1.41. The van der Waals surface area contributed by atoms with Crippen molar-refractivity contribution in [2.24, 2.45) is 0 Å². The fraction of sp³-hybridized carbons (Fsp3) is 0.182. The van der Waals surface area contributed by atoms with Gasteiger partial charge in [-0.15, -0.1) is 0 Å². The Bertz CT molecular complexity index is 539. The molecule has 0 aliphatic heterocycles. The summed E-state index contributed by atoms with van der Waals surface area (Å²) in [6.07, 6.45) is 1.73. The molecule has 2 heterocycles. The monoisotopic (exact) mass is 249 g/mol. The maximum atomic E-state index is 10.5. The van der Waals surface area contributed by atoms with Crippen LogP contribution in [-0.2, 0) is 6.54 Å². The minimum absolute atomic E-state index is 0.171. The van der Waals surface area contributed by atoms with Crippen LogP contribution >= 0.6 is 11.3 Å². The highest BCUT2D eigenvalue weighted by atomic mass is 32.1. The summed E-state index contributed by atoms with van der Waals surface area (Å²) in [6, 6.07) is 7.08. The SMILES string of the molecule is Cc1ncccc1NCc1ccc([N+](=O)[O-])s1. The number of pyridine rings is 1. The van der Waals surface area contributed by atoms with Crippen LogP contribution in [0.1, 0.15) is 10.6 Å². The van der Waals surface area contributed by atoms with E-state index in [-0.39, 0.29) is 9.92 Å². The average Bonchev–Trinajstić information content (AvgIpc) is 2.77. The molecule has 0 saturated heterocycles. The van der Waals surface area contributed by atoms with Crippen LogP contribution in [-0.4, -0.2) is 9.91 Å². The Hall–Kier alpha value is -1.95. The van der Waals surface area contributed by atoms with Gasteiger partial charge in [0.05, 0.1) is 16.3 Å². The first kappa shape index (κ1) is 11.5. The van der Waals surface area contributed by atoms with Crippen LogP contribution in [0.5, 0.6) is 0 Å². The zero-order chi connectivity index (χ0) is 12.3. The predicted molar refractivity (Wildman–Crippen MR) is 67.3 cm³/mol. The molecule has 0 unspecified atom stereocenters. The van der Waals surface area contributed by atoms with Gasteiger partial charge in [0.15, 0.2) is 0 Å². The number of hydrogen-bond acceptors (Lipinski definition) is 5. The van der Waals surface area contributed by atoms with Gasteiger partial charge in [-0.05, 0) is 25.1 Å². The van der Waals surface area contributed by atoms with Crippen LogP contribution in [0.4, 0.5) is 10.7 Å². The Morgan fingerprint density at radius 1 is 1.47 bits per heavy atom. The Morgan fingerprint density at radius 3 is 2.94 bits per heavy atom. The summed E-state index contributed by atoms with van der Waals surface area (Å²) in [6.45, 7) is 2.49. The van der Waals surface area contributed by atoms with Gasteiger partial charge < -0.3 is 5.32 Å². The topological polar surface area (TPSA) is 68.1 Å². The molecule has 0 aliphatic carbocycles. The van der Waals surface area contributed by atoms with E-state index in [0.29, 0.717) is 6.54 Å². The van der Waals surface area contributed by atoms with E-state index in [0.717, 1.165) is 16.3 Å². The smallest absolute Gasteiger partial charge is 0.324 e. The molecule has 0 aliphatic rings. The molecule has 0 amide bonds. The highest BCUT2D eigenvalue weighted by Gasteiger charge is 2.09. The summed E-state index contributed by atoms with van der Waals surface area (Å²) in [5.74, 6) is 0.